The summed E-state index contributed by atoms with van der Waals surface area (Å²) in [4.78, 5) is 25.3. The number of carbonyl (C=O) groups excluding carboxylic acids is 1. The molecule has 0 saturated carbocycles. The van der Waals surface area contributed by atoms with Gasteiger partial charge < -0.3 is 15.0 Å². The Bertz CT molecular complexity index is 582. The molecule has 0 aliphatic carbocycles. The zero-order valence-electron chi connectivity index (χ0n) is 15.0. The molecular weight excluding hydrogens is 322 g/mol. The number of rotatable bonds is 5. The van der Waals surface area contributed by atoms with Crippen LogP contribution >= 0.6 is 0 Å². The minimum absolute atomic E-state index is 0.0697. The Kier molecular flexibility index (Phi) is 5.67. The van der Waals surface area contributed by atoms with E-state index in [9.17, 15) is 4.79 Å². The van der Waals surface area contributed by atoms with Gasteiger partial charge in [0.25, 0.3) is 0 Å². The summed E-state index contributed by atoms with van der Waals surface area (Å²) in [6.07, 6.45) is 1.70. The Morgan fingerprint density at radius 2 is 1.96 bits per heavy atom. The molecule has 3 rings (SSSR count). The van der Waals surface area contributed by atoms with Crippen LogP contribution in [0.5, 0.6) is 5.88 Å². The van der Waals surface area contributed by atoms with Gasteiger partial charge in [0.2, 0.25) is 17.7 Å². The van der Waals surface area contributed by atoms with Crippen LogP contribution in [0.4, 0.5) is 5.95 Å². The minimum atomic E-state index is 0.0697. The Hall–Kier alpha value is -1.97. The van der Waals surface area contributed by atoms with Gasteiger partial charge in [-0.25, -0.2) is 4.98 Å². The van der Waals surface area contributed by atoms with Crippen LogP contribution in [0.3, 0.4) is 0 Å². The molecule has 25 heavy (non-hydrogen) atoms. The summed E-state index contributed by atoms with van der Waals surface area (Å²) in [5, 5.41) is 3.12. The molecule has 0 aromatic carbocycles. The van der Waals surface area contributed by atoms with Crippen molar-refractivity contribution in [1.29, 1.82) is 0 Å². The first-order chi connectivity index (χ1) is 12.1. The zero-order valence-corrected chi connectivity index (χ0v) is 15.0. The summed E-state index contributed by atoms with van der Waals surface area (Å²) in [5.41, 5.74) is 6.30. The SMILES string of the molecule is COc1ccnc(N2CCN(CC(=O)NC3C(C)NNC3C)CC2)n1. The number of aromatic nitrogens is 2. The predicted molar refractivity (Wildman–Crippen MR) is 94.4 cm³/mol. The quantitative estimate of drug-likeness (QED) is 0.622. The number of amides is 1. The lowest BCUT2D eigenvalue weighted by atomic mass is 10.1. The van der Waals surface area contributed by atoms with E-state index < -0.39 is 0 Å². The second kappa shape index (κ2) is 7.94. The highest BCUT2D eigenvalue weighted by atomic mass is 16.5. The van der Waals surface area contributed by atoms with Gasteiger partial charge in [-0.1, -0.05) is 0 Å². The van der Waals surface area contributed by atoms with Crippen LogP contribution < -0.4 is 25.8 Å². The van der Waals surface area contributed by atoms with Gasteiger partial charge in [-0.15, -0.1) is 0 Å². The van der Waals surface area contributed by atoms with E-state index in [1.807, 2.05) is 0 Å². The molecule has 0 spiro atoms. The molecule has 2 aliphatic rings. The van der Waals surface area contributed by atoms with Gasteiger partial charge in [-0.3, -0.25) is 20.5 Å². The molecule has 0 radical (unpaired) electrons. The van der Waals surface area contributed by atoms with Crippen molar-refractivity contribution in [1.82, 2.24) is 31.0 Å². The summed E-state index contributed by atoms with van der Waals surface area (Å²) < 4.78 is 5.15. The van der Waals surface area contributed by atoms with Crippen molar-refractivity contribution in [2.24, 2.45) is 0 Å². The molecule has 3 heterocycles. The maximum absolute atomic E-state index is 12.3. The number of carbonyl (C=O) groups is 1. The molecule has 1 amide bonds. The number of ether oxygens (including phenoxy) is 1. The van der Waals surface area contributed by atoms with Gasteiger partial charge in [-0.05, 0) is 13.8 Å². The van der Waals surface area contributed by atoms with Crippen LogP contribution in [0.25, 0.3) is 0 Å². The highest BCUT2D eigenvalue weighted by molar-refractivity contribution is 5.78. The Morgan fingerprint density at radius 3 is 2.60 bits per heavy atom. The third kappa shape index (κ3) is 4.36. The largest absolute Gasteiger partial charge is 0.481 e. The van der Waals surface area contributed by atoms with Crippen LogP contribution in [0.2, 0.25) is 0 Å². The number of methoxy groups -OCH3 is 1. The fraction of sp³-hybridized carbons (Fsp3) is 0.688. The third-order valence-electron chi connectivity index (χ3n) is 4.79. The number of nitrogens with zero attached hydrogens (tertiary/aromatic N) is 4. The second-order valence-corrected chi connectivity index (χ2v) is 6.62. The molecule has 3 N–H and O–H groups in total. The fourth-order valence-electron chi connectivity index (χ4n) is 3.26. The smallest absolute Gasteiger partial charge is 0.234 e. The number of hydrazine groups is 1. The fourth-order valence-corrected chi connectivity index (χ4v) is 3.26. The number of hydrogen-bond donors (Lipinski definition) is 3. The van der Waals surface area contributed by atoms with E-state index in [1.54, 1.807) is 19.4 Å². The molecule has 9 heteroatoms. The van der Waals surface area contributed by atoms with Gasteiger partial charge in [0.1, 0.15) is 0 Å². The average Bonchev–Trinajstić information content (AvgIpc) is 2.94. The van der Waals surface area contributed by atoms with Crippen molar-refractivity contribution in [2.45, 2.75) is 32.0 Å². The van der Waals surface area contributed by atoms with Crippen LogP contribution in [0, 0.1) is 0 Å². The second-order valence-electron chi connectivity index (χ2n) is 6.62. The third-order valence-corrected chi connectivity index (χ3v) is 4.79. The van der Waals surface area contributed by atoms with E-state index in [1.165, 1.54) is 0 Å². The normalized spacial score (nSPS) is 27.3. The van der Waals surface area contributed by atoms with Gasteiger partial charge >= 0.3 is 0 Å². The molecule has 2 aliphatic heterocycles. The first kappa shape index (κ1) is 17.8. The highest BCUT2D eigenvalue weighted by Gasteiger charge is 2.31. The van der Waals surface area contributed by atoms with E-state index in [-0.39, 0.29) is 24.0 Å². The molecule has 2 atom stereocenters. The lowest BCUT2D eigenvalue weighted by Gasteiger charge is -2.34. The van der Waals surface area contributed by atoms with Crippen LogP contribution in [-0.2, 0) is 4.79 Å². The Labute approximate surface area is 148 Å². The lowest BCUT2D eigenvalue weighted by Crippen LogP contribution is -2.53. The number of nitrogens with one attached hydrogen (secondary N) is 3. The van der Waals surface area contributed by atoms with E-state index in [0.29, 0.717) is 18.4 Å². The molecule has 2 saturated heterocycles. The van der Waals surface area contributed by atoms with Crippen molar-refractivity contribution >= 4 is 11.9 Å². The van der Waals surface area contributed by atoms with Crippen molar-refractivity contribution < 1.29 is 9.53 Å². The summed E-state index contributed by atoms with van der Waals surface area (Å²) in [6.45, 7) is 7.74. The highest BCUT2D eigenvalue weighted by Crippen LogP contribution is 2.14. The van der Waals surface area contributed by atoms with E-state index in [2.05, 4.69) is 49.8 Å². The molecule has 9 nitrogen and oxygen atoms in total. The van der Waals surface area contributed by atoms with Gasteiger partial charge in [0, 0.05) is 50.5 Å². The molecule has 1 aromatic heterocycles. The first-order valence-corrected chi connectivity index (χ1v) is 8.71. The minimum Gasteiger partial charge on any atom is -0.481 e. The predicted octanol–water partition coefficient (Wildman–Crippen LogP) is -1.02. The molecule has 2 unspecified atom stereocenters. The van der Waals surface area contributed by atoms with Crippen LogP contribution in [0.15, 0.2) is 12.3 Å². The molecular formula is C16H27N7O2. The summed E-state index contributed by atoms with van der Waals surface area (Å²) >= 11 is 0. The summed E-state index contributed by atoms with van der Waals surface area (Å²) in [5.74, 6) is 1.31. The zero-order chi connectivity index (χ0) is 17.8. The maximum Gasteiger partial charge on any atom is 0.234 e. The summed E-state index contributed by atoms with van der Waals surface area (Å²) in [7, 11) is 1.60. The van der Waals surface area contributed by atoms with E-state index in [4.69, 9.17) is 4.74 Å². The Balaban J connectivity index is 1.46. The molecule has 138 valence electrons. The number of piperazine rings is 1. The van der Waals surface area contributed by atoms with E-state index in [0.717, 1.165) is 26.2 Å². The average molecular weight is 349 g/mol. The number of anilines is 1. The van der Waals surface area contributed by atoms with Crippen molar-refractivity contribution in [2.75, 3.05) is 44.7 Å². The van der Waals surface area contributed by atoms with Crippen molar-refractivity contribution in [3.8, 4) is 5.88 Å². The number of hydrogen-bond acceptors (Lipinski definition) is 8. The van der Waals surface area contributed by atoms with Crippen LogP contribution in [-0.4, -0.2) is 78.7 Å². The topological polar surface area (TPSA) is 94.7 Å². The van der Waals surface area contributed by atoms with Gasteiger partial charge in [0.15, 0.2) is 0 Å². The van der Waals surface area contributed by atoms with Gasteiger partial charge in [0.05, 0.1) is 19.7 Å². The first-order valence-electron chi connectivity index (χ1n) is 8.71. The molecule has 0 bridgehead atoms. The maximum atomic E-state index is 12.3. The monoisotopic (exact) mass is 349 g/mol. The van der Waals surface area contributed by atoms with E-state index >= 15 is 0 Å². The Morgan fingerprint density at radius 1 is 1.28 bits per heavy atom. The molecule has 1 aromatic rings. The molecule has 2 fully saturated rings. The van der Waals surface area contributed by atoms with Crippen molar-refractivity contribution in [3.63, 3.8) is 0 Å². The van der Waals surface area contributed by atoms with Crippen LogP contribution in [0.1, 0.15) is 13.8 Å². The van der Waals surface area contributed by atoms with Gasteiger partial charge in [-0.2, -0.15) is 4.98 Å². The van der Waals surface area contributed by atoms with Crippen molar-refractivity contribution in [3.05, 3.63) is 12.3 Å². The lowest BCUT2D eigenvalue weighted by molar-refractivity contribution is -0.123. The standard InChI is InChI=1S/C16H27N7O2/c1-11-15(12(2)21-20-11)18-13(24)10-22-6-8-23(9-7-22)16-17-5-4-14(19-16)25-3/h4-5,11-12,15,20-21H,6-10H2,1-3H3,(H,18,24). The summed E-state index contributed by atoms with van der Waals surface area (Å²) in [6, 6.07) is 2.29.